The zero-order valence-corrected chi connectivity index (χ0v) is 28.9. The van der Waals surface area contributed by atoms with Crippen LogP contribution in [0.4, 0.5) is 0 Å². The third-order valence-electron chi connectivity index (χ3n) is 10.3. The average molecular weight is 692 g/mol. The number of para-hydroxylation sites is 2. The van der Waals surface area contributed by atoms with Gasteiger partial charge in [-0.1, -0.05) is 146 Å². The van der Waals surface area contributed by atoms with E-state index in [1.807, 2.05) is 42.5 Å². The Morgan fingerprint density at radius 3 is 1.81 bits per heavy atom. The normalized spacial score (nSPS) is 11.7. The van der Waals surface area contributed by atoms with Gasteiger partial charge in [0, 0.05) is 43.8 Å². The van der Waals surface area contributed by atoms with E-state index in [0.717, 1.165) is 93.6 Å². The molecule has 0 bridgehead atoms. The van der Waals surface area contributed by atoms with Crippen molar-refractivity contribution in [1.29, 1.82) is 0 Å². The zero-order chi connectivity index (χ0) is 35.6. The maximum Gasteiger partial charge on any atom is 0.164 e. The minimum Gasteiger partial charge on any atom is -0.456 e. The SMILES string of the molecule is c1ccc(-c2ccc(-c3nc(-c4ccc5ccccc5c4)nc(-c4cccc5oc6ccc(-c7cccc8c7oc7ccccc78)cc6c45)n3)cc2)cc1. The Morgan fingerprint density at radius 1 is 0.315 bits per heavy atom. The van der Waals surface area contributed by atoms with Crippen LogP contribution in [0.3, 0.4) is 0 Å². The van der Waals surface area contributed by atoms with E-state index in [9.17, 15) is 0 Å². The van der Waals surface area contributed by atoms with E-state index >= 15 is 0 Å². The molecule has 0 radical (unpaired) electrons. The highest BCUT2D eigenvalue weighted by molar-refractivity contribution is 6.14. The monoisotopic (exact) mass is 691 g/mol. The van der Waals surface area contributed by atoms with Gasteiger partial charge in [0.1, 0.15) is 22.3 Å². The Hall–Kier alpha value is -7.37. The van der Waals surface area contributed by atoms with Crippen molar-refractivity contribution in [2.45, 2.75) is 0 Å². The van der Waals surface area contributed by atoms with Crippen molar-refractivity contribution in [2.24, 2.45) is 0 Å². The van der Waals surface area contributed by atoms with E-state index in [2.05, 4.69) is 133 Å². The molecule has 0 aliphatic heterocycles. The first-order valence-electron chi connectivity index (χ1n) is 18.0. The first-order chi connectivity index (χ1) is 26.7. The van der Waals surface area contributed by atoms with Crippen molar-refractivity contribution in [3.05, 3.63) is 176 Å². The van der Waals surface area contributed by atoms with Gasteiger partial charge in [0.25, 0.3) is 0 Å². The van der Waals surface area contributed by atoms with Crippen molar-refractivity contribution < 1.29 is 8.83 Å². The molecule has 0 spiro atoms. The van der Waals surface area contributed by atoms with Crippen LogP contribution in [0.25, 0.3) is 111 Å². The van der Waals surface area contributed by atoms with Crippen LogP contribution in [0.1, 0.15) is 0 Å². The van der Waals surface area contributed by atoms with E-state index < -0.39 is 0 Å². The summed E-state index contributed by atoms with van der Waals surface area (Å²) in [6.07, 6.45) is 0. The molecule has 5 heteroatoms. The summed E-state index contributed by atoms with van der Waals surface area (Å²) in [6, 6.07) is 60.4. The van der Waals surface area contributed by atoms with Gasteiger partial charge >= 0.3 is 0 Å². The summed E-state index contributed by atoms with van der Waals surface area (Å²) < 4.78 is 12.9. The van der Waals surface area contributed by atoms with Crippen LogP contribution >= 0.6 is 0 Å². The van der Waals surface area contributed by atoms with Gasteiger partial charge in [-0.25, -0.2) is 15.0 Å². The lowest BCUT2D eigenvalue weighted by molar-refractivity contribution is 0.668. The number of rotatable bonds is 5. The molecule has 252 valence electrons. The summed E-state index contributed by atoms with van der Waals surface area (Å²) in [5.41, 5.74) is 10.4. The molecular formula is C49H29N3O2. The molecule has 0 fully saturated rings. The van der Waals surface area contributed by atoms with Crippen LogP contribution in [-0.2, 0) is 0 Å². The fourth-order valence-electron chi connectivity index (χ4n) is 7.68. The number of benzene rings is 8. The minimum absolute atomic E-state index is 0.577. The Kier molecular flexibility index (Phi) is 6.79. The molecule has 0 aliphatic rings. The molecule has 11 aromatic rings. The smallest absolute Gasteiger partial charge is 0.164 e. The molecule has 8 aromatic carbocycles. The molecular weight excluding hydrogens is 663 g/mol. The second-order valence-corrected chi connectivity index (χ2v) is 13.6. The van der Waals surface area contributed by atoms with Crippen molar-refractivity contribution in [1.82, 2.24) is 15.0 Å². The van der Waals surface area contributed by atoms with Gasteiger partial charge < -0.3 is 8.83 Å². The average Bonchev–Trinajstić information content (AvgIpc) is 3.82. The fraction of sp³-hybridized carbons (Fsp3) is 0. The molecule has 0 atom stereocenters. The number of hydrogen-bond donors (Lipinski definition) is 0. The van der Waals surface area contributed by atoms with Crippen LogP contribution in [-0.4, -0.2) is 15.0 Å². The Balaban J connectivity index is 1.11. The maximum atomic E-state index is 6.48. The zero-order valence-electron chi connectivity index (χ0n) is 28.9. The number of aromatic nitrogens is 3. The van der Waals surface area contributed by atoms with Crippen molar-refractivity contribution in [2.75, 3.05) is 0 Å². The lowest BCUT2D eigenvalue weighted by Gasteiger charge is -2.10. The van der Waals surface area contributed by atoms with Crippen molar-refractivity contribution in [3.8, 4) is 56.4 Å². The maximum absolute atomic E-state index is 6.48. The topological polar surface area (TPSA) is 65.0 Å². The second-order valence-electron chi connectivity index (χ2n) is 13.6. The molecule has 11 rings (SSSR count). The van der Waals surface area contributed by atoms with E-state index in [1.165, 1.54) is 0 Å². The predicted molar refractivity (Wildman–Crippen MR) is 219 cm³/mol. The molecule has 3 heterocycles. The van der Waals surface area contributed by atoms with Crippen LogP contribution in [0, 0.1) is 0 Å². The number of hydrogen-bond acceptors (Lipinski definition) is 5. The lowest BCUT2D eigenvalue weighted by atomic mass is 9.99. The van der Waals surface area contributed by atoms with E-state index in [-0.39, 0.29) is 0 Å². The van der Waals surface area contributed by atoms with Crippen LogP contribution in [0.15, 0.2) is 185 Å². The third-order valence-corrected chi connectivity index (χ3v) is 10.3. The molecule has 0 amide bonds. The third kappa shape index (κ3) is 4.98. The van der Waals surface area contributed by atoms with Gasteiger partial charge in [-0.2, -0.15) is 0 Å². The summed E-state index contributed by atoms with van der Waals surface area (Å²) in [5, 5.41) is 6.42. The molecule has 0 saturated heterocycles. The van der Waals surface area contributed by atoms with Crippen LogP contribution in [0.5, 0.6) is 0 Å². The van der Waals surface area contributed by atoms with Crippen molar-refractivity contribution >= 4 is 54.6 Å². The highest BCUT2D eigenvalue weighted by atomic mass is 16.3. The molecule has 0 saturated carbocycles. The van der Waals surface area contributed by atoms with Crippen LogP contribution < -0.4 is 0 Å². The molecule has 3 aromatic heterocycles. The molecule has 0 unspecified atom stereocenters. The van der Waals surface area contributed by atoms with E-state index in [0.29, 0.717) is 17.5 Å². The Morgan fingerprint density at radius 2 is 0.926 bits per heavy atom. The molecule has 0 N–H and O–H groups in total. The predicted octanol–water partition coefficient (Wildman–Crippen LogP) is 13.2. The van der Waals surface area contributed by atoms with E-state index in [4.69, 9.17) is 23.8 Å². The first kappa shape index (κ1) is 30.3. The van der Waals surface area contributed by atoms with Gasteiger partial charge in [0.2, 0.25) is 0 Å². The Bertz CT molecular complexity index is 3210. The summed E-state index contributed by atoms with van der Waals surface area (Å²) in [4.78, 5) is 15.4. The largest absolute Gasteiger partial charge is 0.456 e. The quantitative estimate of drug-likeness (QED) is 0.180. The van der Waals surface area contributed by atoms with E-state index in [1.54, 1.807) is 0 Å². The number of fused-ring (bicyclic) bond motifs is 7. The summed E-state index contributed by atoms with van der Waals surface area (Å²) in [6.45, 7) is 0. The fourth-order valence-corrected chi connectivity index (χ4v) is 7.68. The van der Waals surface area contributed by atoms with Gasteiger partial charge in [-0.05, 0) is 57.8 Å². The standard InChI is InChI=1S/C49H29N3O2/c1-2-10-30(11-3-1)32-20-23-33(24-21-32)47-50-48(36-25-22-31-12-4-5-13-34(31)28-36)52-49(51-47)40-17-9-19-44-45(40)41-29-35(26-27-43(41)53-44)37-15-8-16-39-38-14-6-7-18-42(38)54-46(37)39/h1-29H. The number of furan rings is 2. The molecule has 5 nitrogen and oxygen atoms in total. The summed E-state index contributed by atoms with van der Waals surface area (Å²) >= 11 is 0. The van der Waals surface area contributed by atoms with Crippen LogP contribution in [0.2, 0.25) is 0 Å². The Labute approximate surface area is 309 Å². The minimum atomic E-state index is 0.577. The van der Waals surface area contributed by atoms with Gasteiger partial charge in [-0.3, -0.25) is 0 Å². The van der Waals surface area contributed by atoms with Gasteiger partial charge in [0.15, 0.2) is 17.5 Å². The highest BCUT2D eigenvalue weighted by Crippen LogP contribution is 2.41. The van der Waals surface area contributed by atoms with Gasteiger partial charge in [-0.15, -0.1) is 0 Å². The van der Waals surface area contributed by atoms with Gasteiger partial charge in [0.05, 0.1) is 0 Å². The number of nitrogens with zero attached hydrogens (tertiary/aromatic N) is 3. The highest BCUT2D eigenvalue weighted by Gasteiger charge is 2.20. The lowest BCUT2D eigenvalue weighted by Crippen LogP contribution is -2.00. The van der Waals surface area contributed by atoms with Crippen molar-refractivity contribution in [3.63, 3.8) is 0 Å². The first-order valence-corrected chi connectivity index (χ1v) is 18.0. The summed E-state index contributed by atoms with van der Waals surface area (Å²) in [5.74, 6) is 1.79. The summed E-state index contributed by atoms with van der Waals surface area (Å²) in [7, 11) is 0. The molecule has 54 heavy (non-hydrogen) atoms. The second kappa shape index (κ2) is 12.1. The molecule has 0 aliphatic carbocycles.